The molecule has 196 valence electrons. The highest BCUT2D eigenvalue weighted by molar-refractivity contribution is 5.96. The standard InChI is InChI=1S/C23H32F3N3O6/c1-22(7-3-9-34-22)21(33)29-11-14-4-2-5-15(14)18(29)20(32)28-16(10-13-6-8-27-19(13)31)17(30)12-35-23(24,25)26/h13-16,18H,2-12H2,1H3,(H,27,31)(H,28,32)/t13?,14-,15-,16?,18-,22?/m0/s1. The summed E-state index contributed by atoms with van der Waals surface area (Å²) >= 11 is 0. The Kier molecular flexibility index (Phi) is 7.42. The summed E-state index contributed by atoms with van der Waals surface area (Å²) in [7, 11) is 0. The number of hydrogen-bond donors (Lipinski definition) is 2. The van der Waals surface area contributed by atoms with Gasteiger partial charge in [0.15, 0.2) is 5.78 Å². The zero-order valence-electron chi connectivity index (χ0n) is 19.7. The van der Waals surface area contributed by atoms with Crippen molar-refractivity contribution < 1.29 is 41.8 Å². The van der Waals surface area contributed by atoms with E-state index in [-0.39, 0.29) is 30.1 Å². The van der Waals surface area contributed by atoms with Gasteiger partial charge in [-0.1, -0.05) is 6.42 Å². The van der Waals surface area contributed by atoms with Crippen molar-refractivity contribution in [2.75, 3.05) is 26.3 Å². The van der Waals surface area contributed by atoms with Gasteiger partial charge in [0.1, 0.15) is 18.2 Å². The van der Waals surface area contributed by atoms with E-state index in [4.69, 9.17) is 4.74 Å². The van der Waals surface area contributed by atoms with Crippen LogP contribution in [0.25, 0.3) is 0 Å². The minimum Gasteiger partial charge on any atom is -0.365 e. The quantitative estimate of drug-likeness (QED) is 0.516. The SMILES string of the molecule is CC1(C(=O)N2C[C@@H]3CCC[C@@H]3[C@H]2C(=O)NC(CC2CCNC2=O)C(=O)COC(F)(F)F)CCCO1. The van der Waals surface area contributed by atoms with Crippen LogP contribution in [0.2, 0.25) is 0 Å². The third kappa shape index (κ3) is 5.63. The van der Waals surface area contributed by atoms with Gasteiger partial charge in [-0.15, -0.1) is 13.2 Å². The molecule has 0 aromatic rings. The summed E-state index contributed by atoms with van der Waals surface area (Å²) in [5.74, 6) is -2.71. The fourth-order valence-electron chi connectivity index (χ4n) is 6.04. The van der Waals surface area contributed by atoms with E-state index < -0.39 is 48.3 Å². The Balaban J connectivity index is 1.52. The molecule has 3 heterocycles. The molecular weight excluding hydrogens is 471 g/mol. The van der Waals surface area contributed by atoms with Gasteiger partial charge < -0.3 is 20.3 Å². The molecule has 9 nitrogen and oxygen atoms in total. The first-order chi connectivity index (χ1) is 16.5. The van der Waals surface area contributed by atoms with Crippen molar-refractivity contribution in [1.29, 1.82) is 0 Å². The van der Waals surface area contributed by atoms with E-state index in [1.54, 1.807) is 6.92 Å². The number of nitrogens with one attached hydrogen (secondary N) is 2. The van der Waals surface area contributed by atoms with E-state index in [1.165, 1.54) is 4.90 Å². The van der Waals surface area contributed by atoms with Crippen LogP contribution in [0.5, 0.6) is 0 Å². The number of fused-ring (bicyclic) bond motifs is 1. The third-order valence-electron chi connectivity index (χ3n) is 7.86. The molecule has 1 saturated carbocycles. The molecule has 0 aromatic heterocycles. The summed E-state index contributed by atoms with van der Waals surface area (Å²) in [6.45, 7) is 1.70. The molecule has 4 rings (SSSR count). The molecule has 3 amide bonds. The van der Waals surface area contributed by atoms with E-state index >= 15 is 0 Å². The summed E-state index contributed by atoms with van der Waals surface area (Å²) < 4.78 is 47.0. The molecule has 0 radical (unpaired) electrons. The zero-order chi connectivity index (χ0) is 25.4. The van der Waals surface area contributed by atoms with Crippen molar-refractivity contribution in [2.45, 2.75) is 75.9 Å². The largest absolute Gasteiger partial charge is 0.522 e. The maximum atomic E-state index is 13.5. The number of likely N-dealkylation sites (tertiary alicyclic amines) is 1. The molecule has 1 aliphatic carbocycles. The maximum Gasteiger partial charge on any atom is 0.522 e. The number of rotatable bonds is 8. The molecule has 3 aliphatic heterocycles. The minimum atomic E-state index is -5.00. The van der Waals surface area contributed by atoms with Crippen LogP contribution in [0.1, 0.15) is 51.9 Å². The highest BCUT2D eigenvalue weighted by Gasteiger charge is 2.53. The summed E-state index contributed by atoms with van der Waals surface area (Å²) in [5.41, 5.74) is -1.02. The molecule has 3 saturated heterocycles. The van der Waals surface area contributed by atoms with E-state index in [2.05, 4.69) is 15.4 Å². The fraction of sp³-hybridized carbons (Fsp3) is 0.826. The molecule has 6 atom stereocenters. The van der Waals surface area contributed by atoms with Gasteiger partial charge in [-0.25, -0.2) is 0 Å². The average molecular weight is 504 g/mol. The second-order valence-corrected chi connectivity index (χ2v) is 10.2. The Morgan fingerprint density at radius 1 is 1.26 bits per heavy atom. The number of hydrogen-bond acceptors (Lipinski definition) is 6. The number of ether oxygens (including phenoxy) is 2. The van der Waals surface area contributed by atoms with Gasteiger partial charge in [0, 0.05) is 25.6 Å². The Morgan fingerprint density at radius 2 is 2.03 bits per heavy atom. The molecule has 0 bridgehead atoms. The summed E-state index contributed by atoms with van der Waals surface area (Å²) in [5, 5.41) is 5.22. The molecule has 0 aromatic carbocycles. The van der Waals surface area contributed by atoms with Crippen molar-refractivity contribution in [3.8, 4) is 0 Å². The average Bonchev–Trinajstić information content (AvgIpc) is 3.56. The van der Waals surface area contributed by atoms with Crippen molar-refractivity contribution >= 4 is 23.5 Å². The molecule has 0 spiro atoms. The molecule has 4 aliphatic rings. The number of halogens is 3. The van der Waals surface area contributed by atoms with Crippen molar-refractivity contribution in [3.05, 3.63) is 0 Å². The Labute approximate surface area is 201 Å². The van der Waals surface area contributed by atoms with Gasteiger partial charge in [-0.2, -0.15) is 0 Å². The van der Waals surface area contributed by atoms with E-state index in [9.17, 15) is 32.3 Å². The van der Waals surface area contributed by atoms with Crippen LogP contribution in [-0.2, 0) is 28.7 Å². The molecular formula is C23H32F3N3O6. The lowest BCUT2D eigenvalue weighted by molar-refractivity contribution is -0.321. The highest BCUT2D eigenvalue weighted by Crippen LogP contribution is 2.44. The van der Waals surface area contributed by atoms with Gasteiger partial charge in [0.05, 0.1) is 6.04 Å². The van der Waals surface area contributed by atoms with Gasteiger partial charge in [0.2, 0.25) is 11.8 Å². The van der Waals surface area contributed by atoms with Gasteiger partial charge >= 0.3 is 6.36 Å². The normalized spacial score (nSPS) is 33.5. The Morgan fingerprint density at radius 3 is 2.66 bits per heavy atom. The van der Waals surface area contributed by atoms with Crippen LogP contribution < -0.4 is 10.6 Å². The smallest absolute Gasteiger partial charge is 0.365 e. The Hall–Kier alpha value is -2.21. The van der Waals surface area contributed by atoms with Crippen molar-refractivity contribution in [2.24, 2.45) is 17.8 Å². The van der Waals surface area contributed by atoms with Crippen molar-refractivity contribution in [1.82, 2.24) is 15.5 Å². The van der Waals surface area contributed by atoms with E-state index in [0.29, 0.717) is 32.5 Å². The fourth-order valence-corrected chi connectivity index (χ4v) is 6.04. The first-order valence-corrected chi connectivity index (χ1v) is 12.2. The summed E-state index contributed by atoms with van der Waals surface area (Å²) in [4.78, 5) is 53.2. The van der Waals surface area contributed by atoms with E-state index in [1.807, 2.05) is 0 Å². The second-order valence-electron chi connectivity index (χ2n) is 10.2. The zero-order valence-corrected chi connectivity index (χ0v) is 19.7. The predicted molar refractivity (Wildman–Crippen MR) is 115 cm³/mol. The minimum absolute atomic E-state index is 0.0964. The maximum absolute atomic E-state index is 13.5. The van der Waals surface area contributed by atoms with Gasteiger partial charge in [0.25, 0.3) is 5.91 Å². The lowest BCUT2D eigenvalue weighted by Crippen LogP contribution is -2.57. The summed E-state index contributed by atoms with van der Waals surface area (Å²) in [6.07, 6.45) is -0.918. The lowest BCUT2D eigenvalue weighted by Gasteiger charge is -2.34. The van der Waals surface area contributed by atoms with Crippen LogP contribution in [-0.4, -0.2) is 78.8 Å². The van der Waals surface area contributed by atoms with E-state index in [0.717, 1.165) is 25.7 Å². The predicted octanol–water partition coefficient (Wildman–Crippen LogP) is 1.30. The third-order valence-corrected chi connectivity index (χ3v) is 7.86. The first-order valence-electron chi connectivity index (χ1n) is 12.2. The molecule has 12 heteroatoms. The van der Waals surface area contributed by atoms with Crippen LogP contribution in [0.15, 0.2) is 0 Å². The number of carbonyl (C=O) groups excluding carboxylic acids is 4. The van der Waals surface area contributed by atoms with Crippen molar-refractivity contribution in [3.63, 3.8) is 0 Å². The molecule has 4 fully saturated rings. The van der Waals surface area contributed by atoms with Crippen LogP contribution in [0.3, 0.4) is 0 Å². The van der Waals surface area contributed by atoms with Gasteiger partial charge in [-0.3, -0.25) is 23.9 Å². The van der Waals surface area contributed by atoms with Crippen LogP contribution in [0.4, 0.5) is 13.2 Å². The first kappa shape index (κ1) is 25.9. The molecule has 2 N–H and O–H groups in total. The monoisotopic (exact) mass is 503 g/mol. The molecule has 35 heavy (non-hydrogen) atoms. The topological polar surface area (TPSA) is 114 Å². The number of carbonyl (C=O) groups is 4. The van der Waals surface area contributed by atoms with Crippen LogP contribution >= 0.6 is 0 Å². The Bertz CT molecular complexity index is 860. The summed E-state index contributed by atoms with van der Waals surface area (Å²) in [6, 6.07) is -2.18. The van der Waals surface area contributed by atoms with Crippen LogP contribution in [0, 0.1) is 17.8 Å². The number of amides is 3. The number of ketones is 1. The lowest BCUT2D eigenvalue weighted by atomic mass is 9.91. The van der Waals surface area contributed by atoms with Gasteiger partial charge in [-0.05, 0) is 57.3 Å². The number of alkyl halides is 3. The number of nitrogens with zero attached hydrogens (tertiary/aromatic N) is 1. The number of Topliss-reactive ketones (excluding diaryl/α,β-unsaturated/α-hetero) is 1. The molecule has 3 unspecified atom stereocenters. The highest BCUT2D eigenvalue weighted by atomic mass is 19.4. The second kappa shape index (κ2) is 10.0.